The molecule has 0 saturated carbocycles. The number of hydrogen-bond donors (Lipinski definition) is 3. The smallest absolute Gasteiger partial charge is 0.375 e. The van der Waals surface area contributed by atoms with Gasteiger partial charge in [0.25, 0.3) is 11.7 Å². The Kier molecular flexibility index (Phi) is 10.6. The van der Waals surface area contributed by atoms with E-state index < -0.39 is 5.97 Å². The number of para-hydroxylation sites is 2. The summed E-state index contributed by atoms with van der Waals surface area (Å²) in [5.74, 6) is 0.587. The molecule has 4 N–H and O–H groups in total. The number of carbonyl (C=O) groups is 2. The molecule has 57 heavy (non-hydrogen) atoms. The average Bonchev–Trinajstić information content (AvgIpc) is 4.10. The Bertz CT molecular complexity index is 2580. The van der Waals surface area contributed by atoms with E-state index in [-0.39, 0.29) is 23.6 Å². The minimum absolute atomic E-state index is 0.0354. The number of aromatic carboxylic acids is 1. The fraction of sp³-hybridized carbons (Fsp3) is 0.200. The lowest BCUT2D eigenvalue weighted by Gasteiger charge is -2.18. The van der Waals surface area contributed by atoms with Crippen molar-refractivity contribution in [3.05, 3.63) is 146 Å². The van der Waals surface area contributed by atoms with E-state index in [9.17, 15) is 9.59 Å². The Labute approximate surface area is 326 Å². The number of nitrogens with two attached hydrogens (primary N) is 1. The van der Waals surface area contributed by atoms with E-state index in [2.05, 4.69) is 55.7 Å². The van der Waals surface area contributed by atoms with Crippen molar-refractivity contribution >= 4 is 34.5 Å². The van der Waals surface area contributed by atoms with Crippen molar-refractivity contribution < 1.29 is 14.7 Å². The van der Waals surface area contributed by atoms with Crippen LogP contribution >= 0.6 is 0 Å². The second-order valence-corrected chi connectivity index (χ2v) is 13.5. The highest BCUT2D eigenvalue weighted by Crippen LogP contribution is 2.24. The molecule has 288 valence electrons. The molecule has 2 aliphatic rings. The topological polar surface area (TPSA) is 195 Å². The first-order chi connectivity index (χ1) is 27.9. The average molecular weight is 765 g/mol. The normalized spacial score (nSPS) is 16.2. The zero-order chi connectivity index (χ0) is 39.1. The van der Waals surface area contributed by atoms with Crippen LogP contribution in [0.1, 0.15) is 34.1 Å². The molecule has 0 bridgehead atoms. The number of rotatable bonds is 7. The molecule has 0 spiro atoms. The molecule has 2 atom stereocenters. The second kappa shape index (κ2) is 16.5. The summed E-state index contributed by atoms with van der Waals surface area (Å²) in [6.07, 6.45) is 16.4. The predicted octanol–water partition coefficient (Wildman–Crippen LogP) is 3.76. The zero-order valence-corrected chi connectivity index (χ0v) is 30.8. The highest BCUT2D eigenvalue weighted by molar-refractivity contribution is 5.90. The van der Waals surface area contributed by atoms with Gasteiger partial charge in [-0.3, -0.25) is 4.79 Å². The minimum Gasteiger partial charge on any atom is -0.475 e. The van der Waals surface area contributed by atoms with Gasteiger partial charge >= 0.3 is 5.97 Å². The predicted molar refractivity (Wildman–Crippen MR) is 213 cm³/mol. The van der Waals surface area contributed by atoms with Crippen LogP contribution in [0.3, 0.4) is 0 Å². The van der Waals surface area contributed by atoms with Crippen LogP contribution in [0.5, 0.6) is 0 Å². The summed E-state index contributed by atoms with van der Waals surface area (Å²) in [6, 6.07) is 27.3. The minimum atomic E-state index is -1.13. The van der Waals surface area contributed by atoms with Gasteiger partial charge in [0.2, 0.25) is 5.82 Å². The summed E-state index contributed by atoms with van der Waals surface area (Å²) >= 11 is 0. The molecule has 1 amide bonds. The fourth-order valence-corrected chi connectivity index (χ4v) is 6.84. The Hall–Kier alpha value is -7.40. The maximum atomic E-state index is 12.6. The van der Waals surface area contributed by atoms with Crippen molar-refractivity contribution in [2.75, 3.05) is 36.0 Å². The number of carboxylic acid groups (broad SMARTS) is 1. The standard InChI is InChI=1S/C20H19N7O.C11H14N4.C9H7N3O2/c28-20(18-22-14-27(24-18)16-5-2-1-3-6-16)23-15-8-11-26(13-15)19-17-7-4-10-25(17)12-9-21-19;12-9-3-6-15(8-9)11-10-2-1-5-14(10)7-4-13-11;13-9(14)8-10-6-12(11-8)7-4-2-1-3-5-7/h1-7,9-10,12,14-15H,8,11,13H2,(H,23,28);1-2,4-5,7,9H,3,6,8,12H2;1-6H,(H,13,14)/t15-;9-;/m00./s1. The number of carbonyl (C=O) groups excluding carboxylic acids is 1. The number of fused-ring (bicyclic) bond motifs is 2. The number of amides is 1. The molecule has 8 aromatic rings. The molecule has 0 aliphatic carbocycles. The number of anilines is 2. The van der Waals surface area contributed by atoms with E-state index >= 15 is 0 Å². The third-order valence-electron chi connectivity index (χ3n) is 9.63. The van der Waals surface area contributed by atoms with E-state index in [0.29, 0.717) is 12.6 Å². The molecule has 8 heterocycles. The van der Waals surface area contributed by atoms with Crippen LogP contribution in [-0.2, 0) is 0 Å². The maximum absolute atomic E-state index is 12.6. The van der Waals surface area contributed by atoms with E-state index in [4.69, 9.17) is 10.8 Å². The Morgan fingerprint density at radius 3 is 1.68 bits per heavy atom. The van der Waals surface area contributed by atoms with Crippen molar-refractivity contribution in [2.45, 2.75) is 24.9 Å². The quantitative estimate of drug-likeness (QED) is 0.213. The molecular formula is C40H40N14O3. The van der Waals surface area contributed by atoms with Crippen LogP contribution in [0.4, 0.5) is 11.6 Å². The first kappa shape index (κ1) is 36.6. The summed E-state index contributed by atoms with van der Waals surface area (Å²) in [5.41, 5.74) is 9.78. The van der Waals surface area contributed by atoms with Gasteiger partial charge in [0.1, 0.15) is 12.7 Å². The fourth-order valence-electron chi connectivity index (χ4n) is 6.84. The number of nitrogens with zero attached hydrogens (tertiary/aromatic N) is 12. The van der Waals surface area contributed by atoms with Gasteiger partial charge in [-0.2, -0.15) is 0 Å². The van der Waals surface area contributed by atoms with E-state index in [0.717, 1.165) is 66.5 Å². The number of hydrogen-bond acceptors (Lipinski definition) is 11. The van der Waals surface area contributed by atoms with Crippen LogP contribution in [0.15, 0.2) is 135 Å². The van der Waals surface area contributed by atoms with Crippen LogP contribution in [0.2, 0.25) is 0 Å². The van der Waals surface area contributed by atoms with Gasteiger partial charge in [-0.05, 0) is 61.4 Å². The van der Waals surface area contributed by atoms with Gasteiger partial charge in [0.15, 0.2) is 11.6 Å². The van der Waals surface area contributed by atoms with Gasteiger partial charge in [-0.1, -0.05) is 36.4 Å². The summed E-state index contributed by atoms with van der Waals surface area (Å²) in [4.78, 5) is 44.3. The summed E-state index contributed by atoms with van der Waals surface area (Å²) in [6.45, 7) is 3.48. The first-order valence-electron chi connectivity index (χ1n) is 18.5. The van der Waals surface area contributed by atoms with E-state index in [1.54, 1.807) is 17.2 Å². The lowest BCUT2D eigenvalue weighted by atomic mass is 10.2. The summed E-state index contributed by atoms with van der Waals surface area (Å²) in [7, 11) is 0. The third kappa shape index (κ3) is 8.32. The van der Waals surface area contributed by atoms with Crippen molar-refractivity contribution in [1.82, 2.24) is 53.6 Å². The van der Waals surface area contributed by atoms with Crippen LogP contribution in [0, 0.1) is 0 Å². The van der Waals surface area contributed by atoms with Gasteiger partial charge in [0, 0.05) is 75.4 Å². The highest BCUT2D eigenvalue weighted by Gasteiger charge is 2.27. The highest BCUT2D eigenvalue weighted by atomic mass is 16.4. The number of benzene rings is 2. The van der Waals surface area contributed by atoms with Gasteiger partial charge in [0.05, 0.1) is 22.4 Å². The third-order valence-corrected chi connectivity index (χ3v) is 9.63. The Morgan fingerprint density at radius 1 is 0.632 bits per heavy atom. The molecule has 2 aliphatic heterocycles. The molecule has 10 rings (SSSR count). The lowest BCUT2D eigenvalue weighted by molar-refractivity contribution is 0.0683. The number of nitrogens with one attached hydrogen (secondary N) is 1. The van der Waals surface area contributed by atoms with E-state index in [1.807, 2.05) is 114 Å². The Morgan fingerprint density at radius 2 is 1.16 bits per heavy atom. The van der Waals surface area contributed by atoms with Gasteiger partial charge < -0.3 is 34.8 Å². The molecule has 0 unspecified atom stereocenters. The van der Waals surface area contributed by atoms with Crippen molar-refractivity contribution in [2.24, 2.45) is 5.73 Å². The molecule has 17 nitrogen and oxygen atoms in total. The first-order valence-corrected chi connectivity index (χ1v) is 18.5. The molecule has 2 saturated heterocycles. The number of aromatic nitrogens is 10. The van der Waals surface area contributed by atoms with Crippen molar-refractivity contribution in [3.63, 3.8) is 0 Å². The van der Waals surface area contributed by atoms with Gasteiger partial charge in [-0.25, -0.2) is 34.1 Å². The largest absolute Gasteiger partial charge is 0.475 e. The zero-order valence-electron chi connectivity index (χ0n) is 30.8. The molecule has 0 radical (unpaired) electrons. The molecule has 6 aromatic heterocycles. The monoisotopic (exact) mass is 764 g/mol. The van der Waals surface area contributed by atoms with Crippen molar-refractivity contribution in [1.29, 1.82) is 0 Å². The van der Waals surface area contributed by atoms with Crippen LogP contribution in [-0.4, -0.2) is 104 Å². The molecule has 17 heteroatoms. The lowest BCUT2D eigenvalue weighted by Crippen LogP contribution is -2.37. The van der Waals surface area contributed by atoms with Crippen LogP contribution < -0.4 is 20.9 Å². The second-order valence-electron chi connectivity index (χ2n) is 13.5. The van der Waals surface area contributed by atoms with Crippen molar-refractivity contribution in [3.8, 4) is 11.4 Å². The van der Waals surface area contributed by atoms with Crippen LogP contribution in [0.25, 0.3) is 22.4 Å². The molecule has 2 aromatic carbocycles. The number of carboxylic acids is 1. The maximum Gasteiger partial charge on any atom is 0.375 e. The summed E-state index contributed by atoms with van der Waals surface area (Å²) < 4.78 is 7.16. The van der Waals surface area contributed by atoms with E-state index in [1.165, 1.54) is 11.0 Å². The Balaban J connectivity index is 0.000000132. The van der Waals surface area contributed by atoms with Gasteiger partial charge in [-0.15, -0.1) is 10.2 Å². The molecular weight excluding hydrogens is 725 g/mol. The SMILES string of the molecule is N[C@H]1CCN(c2nccn3cccc23)C1.O=C(N[C@H]1CCN(c2nccn3cccc23)C1)c1ncn(-c2ccccc2)n1.O=C(O)c1ncn(-c2ccccc2)n1. The summed E-state index contributed by atoms with van der Waals surface area (Å²) in [5, 5.41) is 19.7. The molecule has 2 fully saturated rings.